The first-order valence-electron chi connectivity index (χ1n) is 13.3. The van der Waals surface area contributed by atoms with Crippen LogP contribution < -0.4 is 0 Å². The summed E-state index contributed by atoms with van der Waals surface area (Å²) in [5, 5.41) is 24.4. The van der Waals surface area contributed by atoms with Gasteiger partial charge < -0.3 is 10.4 Å². The molecular weight excluding hydrogens is 396 g/mol. The maximum atomic E-state index is 11.1. The highest BCUT2D eigenvalue weighted by atomic mass is 16.5. The molecule has 4 heteroatoms. The monoisotopic (exact) mass is 446 g/mol. The Morgan fingerprint density at radius 2 is 1.12 bits per heavy atom. The van der Waals surface area contributed by atoms with Crippen molar-refractivity contribution in [2.24, 2.45) is 11.8 Å². The lowest BCUT2D eigenvalue weighted by Gasteiger charge is -2.48. The molecule has 2 heterocycles. The van der Waals surface area contributed by atoms with Gasteiger partial charge in [-0.3, -0.25) is 0 Å². The summed E-state index contributed by atoms with van der Waals surface area (Å²) in [5.74, 6) is 1.06. The molecule has 0 unspecified atom stereocenters. The minimum Gasteiger partial charge on any atom is -0.312 e. The fourth-order valence-electron chi connectivity index (χ4n) is 7.23. The normalized spacial score (nSPS) is 28.8. The Labute approximate surface area is 197 Å². The van der Waals surface area contributed by atoms with Crippen molar-refractivity contribution in [3.63, 3.8) is 0 Å². The average Bonchev–Trinajstić information content (AvgIpc) is 3.06. The van der Waals surface area contributed by atoms with Gasteiger partial charge in [0.2, 0.25) is 0 Å². The van der Waals surface area contributed by atoms with Crippen LogP contribution in [0.5, 0.6) is 0 Å². The van der Waals surface area contributed by atoms with Gasteiger partial charge in [0.05, 0.1) is 22.2 Å². The summed E-state index contributed by atoms with van der Waals surface area (Å²) in [5.41, 5.74) is 2.37. The molecule has 0 amide bonds. The predicted molar refractivity (Wildman–Crippen MR) is 133 cm³/mol. The van der Waals surface area contributed by atoms with Crippen LogP contribution in [0.25, 0.3) is 0 Å². The third-order valence-corrected chi connectivity index (χ3v) is 8.72. The smallest absolute Gasteiger partial charge is 0.0682 e. The van der Waals surface area contributed by atoms with Crippen LogP contribution >= 0.6 is 0 Å². The highest BCUT2D eigenvalue weighted by Crippen LogP contribution is 2.53. The summed E-state index contributed by atoms with van der Waals surface area (Å²) >= 11 is 0. The third kappa shape index (κ3) is 4.37. The summed E-state index contributed by atoms with van der Waals surface area (Å²) in [6.45, 7) is 17.1. The molecule has 4 rings (SSSR count). The Bertz CT molecular complexity index is 720. The Kier molecular flexibility index (Phi) is 7.43. The molecule has 4 nitrogen and oxygen atoms in total. The van der Waals surface area contributed by atoms with E-state index in [2.05, 4.69) is 53.7 Å². The third-order valence-electron chi connectivity index (χ3n) is 8.72. The Hall–Kier alpha value is -0.680. The van der Waals surface area contributed by atoms with Crippen molar-refractivity contribution in [2.45, 2.75) is 142 Å². The van der Waals surface area contributed by atoms with E-state index in [1.54, 1.807) is 0 Å². The van der Waals surface area contributed by atoms with Gasteiger partial charge in [-0.05, 0) is 76.4 Å². The fraction of sp³-hybridized carbons (Fsp3) is 0.857. The standard InChI is InChI=1S/C17H29NO.C11H21NO/c1-14(2)15-13-16(9-5-3-6-10-16)18(19)17(15)11-7-4-8-12-17;1-8(2)9-7-10(3,4)12(13)11(9,5)6/h13-14,19H,3-12H2,1-2H3;7-8,13H,1-6H3. The zero-order valence-electron chi connectivity index (χ0n) is 22.2. The van der Waals surface area contributed by atoms with Crippen LogP contribution in [0.2, 0.25) is 0 Å². The molecule has 2 aliphatic carbocycles. The molecule has 0 aromatic heterocycles. The molecule has 32 heavy (non-hydrogen) atoms. The van der Waals surface area contributed by atoms with Crippen LogP contribution in [-0.4, -0.2) is 42.7 Å². The van der Waals surface area contributed by atoms with E-state index in [4.69, 9.17) is 0 Å². The zero-order valence-corrected chi connectivity index (χ0v) is 22.2. The second-order valence-electron chi connectivity index (χ2n) is 12.6. The highest BCUT2D eigenvalue weighted by Gasteiger charge is 2.55. The number of nitrogens with zero attached hydrogens (tertiary/aromatic N) is 2. The van der Waals surface area contributed by atoms with Gasteiger partial charge in [-0.2, -0.15) is 10.1 Å². The SMILES string of the molecule is CC(C)C1=CC(C)(C)N(O)C1(C)C.CC(C)C1=CC2(CCCCC2)N(O)C12CCCCC2. The molecule has 4 aliphatic rings. The van der Waals surface area contributed by atoms with E-state index in [-0.39, 0.29) is 22.2 Å². The van der Waals surface area contributed by atoms with Crippen LogP contribution in [-0.2, 0) is 0 Å². The van der Waals surface area contributed by atoms with Crippen LogP contribution in [0.3, 0.4) is 0 Å². The second-order valence-corrected chi connectivity index (χ2v) is 12.6. The average molecular weight is 447 g/mol. The first kappa shape index (κ1) is 25.9. The van der Waals surface area contributed by atoms with Crippen molar-refractivity contribution in [2.75, 3.05) is 0 Å². The first-order valence-corrected chi connectivity index (χ1v) is 13.3. The summed E-state index contributed by atoms with van der Waals surface area (Å²) in [7, 11) is 0. The lowest BCUT2D eigenvalue weighted by Crippen LogP contribution is -2.56. The quantitative estimate of drug-likeness (QED) is 0.431. The minimum atomic E-state index is -0.233. The largest absolute Gasteiger partial charge is 0.312 e. The number of hydrogen-bond donors (Lipinski definition) is 2. The molecular formula is C28H50N2O2. The van der Waals surface area contributed by atoms with E-state index in [1.165, 1.54) is 54.7 Å². The van der Waals surface area contributed by atoms with Crippen molar-refractivity contribution in [3.8, 4) is 0 Å². The van der Waals surface area contributed by atoms with Gasteiger partial charge in [-0.1, -0.05) is 78.4 Å². The summed E-state index contributed by atoms with van der Waals surface area (Å²) in [6.07, 6.45) is 17.1. The molecule has 0 bridgehead atoms. The molecule has 0 atom stereocenters. The van der Waals surface area contributed by atoms with E-state index in [1.807, 2.05) is 18.9 Å². The number of rotatable bonds is 2. The topological polar surface area (TPSA) is 46.9 Å². The Balaban J connectivity index is 0.000000195. The van der Waals surface area contributed by atoms with Crippen LogP contribution in [0.1, 0.15) is 120 Å². The van der Waals surface area contributed by atoms with E-state index < -0.39 is 0 Å². The van der Waals surface area contributed by atoms with Crippen LogP contribution in [0.15, 0.2) is 23.3 Å². The maximum absolute atomic E-state index is 11.1. The molecule has 184 valence electrons. The minimum absolute atomic E-state index is 0.0102. The van der Waals surface area contributed by atoms with Crippen molar-refractivity contribution >= 4 is 0 Å². The number of hydroxylamine groups is 4. The molecule has 2 N–H and O–H groups in total. The molecule has 2 aliphatic heterocycles. The predicted octanol–water partition coefficient (Wildman–Crippen LogP) is 7.51. The molecule has 2 spiro atoms. The maximum Gasteiger partial charge on any atom is 0.0682 e. The second kappa shape index (κ2) is 9.17. The lowest BCUT2D eigenvalue weighted by atomic mass is 9.74. The van der Waals surface area contributed by atoms with Gasteiger partial charge in [0, 0.05) is 0 Å². The zero-order chi connectivity index (χ0) is 23.9. The highest BCUT2D eigenvalue weighted by molar-refractivity contribution is 5.35. The van der Waals surface area contributed by atoms with Crippen molar-refractivity contribution in [1.82, 2.24) is 10.1 Å². The molecule has 2 saturated carbocycles. The van der Waals surface area contributed by atoms with Crippen LogP contribution in [0, 0.1) is 11.8 Å². The van der Waals surface area contributed by atoms with Gasteiger partial charge in [0.25, 0.3) is 0 Å². The Morgan fingerprint density at radius 3 is 1.50 bits per heavy atom. The summed E-state index contributed by atoms with van der Waals surface area (Å²) in [4.78, 5) is 0. The van der Waals surface area contributed by atoms with E-state index in [9.17, 15) is 10.4 Å². The van der Waals surface area contributed by atoms with Gasteiger partial charge in [0.15, 0.2) is 0 Å². The molecule has 0 aromatic carbocycles. The molecule has 0 aromatic rings. The van der Waals surface area contributed by atoms with Crippen LogP contribution in [0.4, 0.5) is 0 Å². The van der Waals surface area contributed by atoms with Crippen molar-refractivity contribution in [1.29, 1.82) is 0 Å². The van der Waals surface area contributed by atoms with E-state index >= 15 is 0 Å². The van der Waals surface area contributed by atoms with E-state index in [0.29, 0.717) is 11.8 Å². The Morgan fingerprint density at radius 1 is 0.656 bits per heavy atom. The van der Waals surface area contributed by atoms with Gasteiger partial charge in [-0.25, -0.2) is 0 Å². The van der Waals surface area contributed by atoms with Gasteiger partial charge in [0.1, 0.15) is 0 Å². The van der Waals surface area contributed by atoms with Crippen molar-refractivity contribution in [3.05, 3.63) is 23.3 Å². The van der Waals surface area contributed by atoms with Gasteiger partial charge in [-0.15, -0.1) is 0 Å². The van der Waals surface area contributed by atoms with E-state index in [0.717, 1.165) is 25.7 Å². The molecule has 2 fully saturated rings. The first-order chi connectivity index (χ1) is 14.8. The lowest BCUT2D eigenvalue weighted by molar-refractivity contribution is -0.221. The molecule has 0 radical (unpaired) electrons. The summed E-state index contributed by atoms with van der Waals surface area (Å²) in [6, 6.07) is 0. The van der Waals surface area contributed by atoms with Gasteiger partial charge >= 0.3 is 0 Å². The molecule has 0 saturated heterocycles. The van der Waals surface area contributed by atoms with Crippen molar-refractivity contribution < 1.29 is 10.4 Å². The number of hydrogen-bond acceptors (Lipinski definition) is 4. The summed E-state index contributed by atoms with van der Waals surface area (Å²) < 4.78 is 0. The fourth-order valence-corrected chi connectivity index (χ4v) is 7.23.